The zero-order chi connectivity index (χ0) is 14.4. The highest BCUT2D eigenvalue weighted by Crippen LogP contribution is 2.20. The van der Waals surface area contributed by atoms with Gasteiger partial charge >= 0.3 is 0 Å². The fraction of sp³-hybridized carbons (Fsp3) is 0. The summed E-state index contributed by atoms with van der Waals surface area (Å²) in [4.78, 5) is 0. The zero-order valence-corrected chi connectivity index (χ0v) is 13.5. The third-order valence-corrected chi connectivity index (χ3v) is 3.42. The van der Waals surface area contributed by atoms with Crippen LogP contribution >= 0.6 is 39.7 Å². The Bertz CT molecular complexity index is 629. The van der Waals surface area contributed by atoms with Crippen LogP contribution in [0.5, 0.6) is 0 Å². The largest absolute Gasteiger partial charge is 0.330 e. The number of anilines is 1. The Morgan fingerprint density at radius 3 is 2.55 bits per heavy atom. The molecule has 20 heavy (non-hydrogen) atoms. The standard InChI is InChI=1S/C14H11BrClN3S/c15-11-7-5-10(6-8-11)9-17-19-14(20)18-13-4-2-1-3-12(13)16/h1-9H,(H2,18,19,20). The van der Waals surface area contributed by atoms with Crippen LogP contribution < -0.4 is 10.7 Å². The molecular weight excluding hydrogens is 358 g/mol. The Kier molecular flexibility index (Phi) is 5.52. The van der Waals surface area contributed by atoms with Gasteiger partial charge in [0.25, 0.3) is 0 Å². The fourth-order valence-electron chi connectivity index (χ4n) is 1.43. The van der Waals surface area contributed by atoms with Crippen LogP contribution in [0.15, 0.2) is 58.1 Å². The Morgan fingerprint density at radius 1 is 1.15 bits per heavy atom. The fourth-order valence-corrected chi connectivity index (χ4v) is 2.04. The van der Waals surface area contributed by atoms with Crippen LogP contribution in [0.2, 0.25) is 5.02 Å². The van der Waals surface area contributed by atoms with Gasteiger partial charge in [-0.1, -0.05) is 51.8 Å². The van der Waals surface area contributed by atoms with Gasteiger partial charge in [-0.2, -0.15) is 5.10 Å². The van der Waals surface area contributed by atoms with Crippen LogP contribution in [0.1, 0.15) is 5.56 Å². The molecule has 0 fully saturated rings. The predicted molar refractivity (Wildman–Crippen MR) is 92.5 cm³/mol. The molecule has 0 amide bonds. The molecule has 2 aromatic rings. The molecule has 0 aliphatic heterocycles. The maximum Gasteiger partial charge on any atom is 0.191 e. The van der Waals surface area contributed by atoms with E-state index in [1.807, 2.05) is 42.5 Å². The van der Waals surface area contributed by atoms with E-state index in [4.69, 9.17) is 23.8 Å². The lowest BCUT2D eigenvalue weighted by Gasteiger charge is -2.08. The molecule has 0 radical (unpaired) electrons. The summed E-state index contributed by atoms with van der Waals surface area (Å²) in [5.74, 6) is 0. The Morgan fingerprint density at radius 2 is 1.85 bits per heavy atom. The molecular formula is C14H11BrClN3S. The first kappa shape index (κ1) is 15.0. The molecule has 0 aliphatic rings. The minimum absolute atomic E-state index is 0.381. The van der Waals surface area contributed by atoms with E-state index in [2.05, 4.69) is 31.8 Å². The number of nitrogens with zero attached hydrogens (tertiary/aromatic N) is 1. The lowest BCUT2D eigenvalue weighted by atomic mass is 10.2. The second kappa shape index (κ2) is 7.38. The first-order valence-corrected chi connectivity index (χ1v) is 7.33. The molecule has 2 N–H and O–H groups in total. The van der Waals surface area contributed by atoms with Gasteiger partial charge in [0, 0.05) is 4.47 Å². The average molecular weight is 369 g/mol. The Balaban J connectivity index is 1.89. The first-order chi connectivity index (χ1) is 9.65. The molecule has 0 heterocycles. The molecule has 2 rings (SSSR count). The number of hydrazone groups is 1. The van der Waals surface area contributed by atoms with Gasteiger partial charge in [-0.05, 0) is 42.0 Å². The quantitative estimate of drug-likeness (QED) is 0.478. The third kappa shape index (κ3) is 4.59. The van der Waals surface area contributed by atoms with Crippen molar-refractivity contribution in [3.8, 4) is 0 Å². The van der Waals surface area contributed by atoms with E-state index in [1.54, 1.807) is 12.3 Å². The van der Waals surface area contributed by atoms with Crippen LogP contribution in [0.3, 0.4) is 0 Å². The van der Waals surface area contributed by atoms with Crippen LogP contribution in [0, 0.1) is 0 Å². The lowest BCUT2D eigenvalue weighted by Crippen LogP contribution is -2.23. The molecule has 0 bridgehead atoms. The molecule has 0 spiro atoms. The second-order valence-corrected chi connectivity index (χ2v) is 5.59. The van der Waals surface area contributed by atoms with E-state index in [9.17, 15) is 0 Å². The van der Waals surface area contributed by atoms with Crippen molar-refractivity contribution >= 4 is 56.8 Å². The monoisotopic (exact) mass is 367 g/mol. The summed E-state index contributed by atoms with van der Waals surface area (Å²) in [7, 11) is 0. The Hall–Kier alpha value is -1.43. The highest BCUT2D eigenvalue weighted by Gasteiger charge is 2.00. The lowest BCUT2D eigenvalue weighted by molar-refractivity contribution is 1.05. The van der Waals surface area contributed by atoms with Crippen LogP contribution in [0.4, 0.5) is 5.69 Å². The number of thiocarbonyl (C=S) groups is 1. The van der Waals surface area contributed by atoms with Gasteiger partial charge in [-0.25, -0.2) is 0 Å². The maximum atomic E-state index is 6.02. The van der Waals surface area contributed by atoms with E-state index in [1.165, 1.54) is 0 Å². The van der Waals surface area contributed by atoms with Crippen molar-refractivity contribution in [2.24, 2.45) is 5.10 Å². The van der Waals surface area contributed by atoms with E-state index >= 15 is 0 Å². The van der Waals surface area contributed by atoms with E-state index in [-0.39, 0.29) is 0 Å². The minimum Gasteiger partial charge on any atom is -0.330 e. The summed E-state index contributed by atoms with van der Waals surface area (Å²) < 4.78 is 1.03. The normalized spacial score (nSPS) is 10.5. The number of rotatable bonds is 3. The highest BCUT2D eigenvalue weighted by atomic mass is 79.9. The van der Waals surface area contributed by atoms with Gasteiger partial charge < -0.3 is 5.32 Å². The van der Waals surface area contributed by atoms with Gasteiger partial charge in [0.2, 0.25) is 0 Å². The summed E-state index contributed by atoms with van der Waals surface area (Å²) in [6, 6.07) is 15.1. The molecule has 3 nitrogen and oxygen atoms in total. The van der Waals surface area contributed by atoms with Crippen molar-refractivity contribution < 1.29 is 0 Å². The molecule has 0 saturated heterocycles. The van der Waals surface area contributed by atoms with Crippen molar-refractivity contribution in [3.05, 3.63) is 63.6 Å². The van der Waals surface area contributed by atoms with Crippen LogP contribution in [-0.4, -0.2) is 11.3 Å². The van der Waals surface area contributed by atoms with Crippen molar-refractivity contribution in [3.63, 3.8) is 0 Å². The van der Waals surface area contributed by atoms with Gasteiger partial charge in [-0.3, -0.25) is 5.43 Å². The summed E-state index contributed by atoms with van der Waals surface area (Å²) in [6.07, 6.45) is 1.69. The molecule has 0 saturated carbocycles. The van der Waals surface area contributed by atoms with Crippen LogP contribution in [0.25, 0.3) is 0 Å². The van der Waals surface area contributed by atoms with Gasteiger partial charge in [-0.15, -0.1) is 0 Å². The summed E-state index contributed by atoms with van der Waals surface area (Å²) in [5, 5.41) is 8.02. The first-order valence-electron chi connectivity index (χ1n) is 5.75. The van der Waals surface area contributed by atoms with E-state index in [0.717, 1.165) is 15.7 Å². The van der Waals surface area contributed by atoms with Crippen LogP contribution in [-0.2, 0) is 0 Å². The number of benzene rings is 2. The molecule has 102 valence electrons. The molecule has 2 aromatic carbocycles. The van der Waals surface area contributed by atoms with E-state index < -0.39 is 0 Å². The zero-order valence-electron chi connectivity index (χ0n) is 10.3. The Labute approximate surface area is 136 Å². The highest BCUT2D eigenvalue weighted by molar-refractivity contribution is 9.10. The van der Waals surface area contributed by atoms with Crippen molar-refractivity contribution in [2.75, 3.05) is 5.32 Å². The third-order valence-electron chi connectivity index (χ3n) is 2.37. The second-order valence-electron chi connectivity index (χ2n) is 3.86. The predicted octanol–water partition coefficient (Wildman–Crippen LogP) is 4.42. The molecule has 0 unspecified atom stereocenters. The van der Waals surface area contributed by atoms with Crippen molar-refractivity contribution in [1.82, 2.24) is 5.43 Å². The number of hydrogen-bond donors (Lipinski definition) is 2. The smallest absolute Gasteiger partial charge is 0.191 e. The van der Waals surface area contributed by atoms with Crippen molar-refractivity contribution in [1.29, 1.82) is 0 Å². The van der Waals surface area contributed by atoms with Crippen molar-refractivity contribution in [2.45, 2.75) is 0 Å². The summed E-state index contributed by atoms with van der Waals surface area (Å²) in [6.45, 7) is 0. The number of halogens is 2. The molecule has 0 aliphatic carbocycles. The molecule has 0 aromatic heterocycles. The molecule has 0 atom stereocenters. The summed E-state index contributed by atoms with van der Waals surface area (Å²) in [5.41, 5.74) is 4.46. The summed E-state index contributed by atoms with van der Waals surface area (Å²) >= 11 is 14.5. The van der Waals surface area contributed by atoms with Gasteiger partial charge in [0.05, 0.1) is 16.9 Å². The SMILES string of the molecule is S=C(NN=Cc1ccc(Br)cc1)Nc1ccccc1Cl. The van der Waals surface area contributed by atoms with Gasteiger partial charge in [0.1, 0.15) is 0 Å². The molecule has 6 heteroatoms. The topological polar surface area (TPSA) is 36.4 Å². The number of hydrogen-bond acceptors (Lipinski definition) is 2. The maximum absolute atomic E-state index is 6.02. The average Bonchev–Trinajstić information content (AvgIpc) is 2.44. The van der Waals surface area contributed by atoms with E-state index in [0.29, 0.717) is 10.1 Å². The minimum atomic E-state index is 0.381. The van der Waals surface area contributed by atoms with Gasteiger partial charge in [0.15, 0.2) is 5.11 Å². The number of para-hydroxylation sites is 1. The number of nitrogens with one attached hydrogen (secondary N) is 2.